The average Bonchev–Trinajstić information content (AvgIpc) is 2.18. The first-order chi connectivity index (χ1) is 6.99. The Balaban J connectivity index is 3.66. The first kappa shape index (κ1) is 10.7. The van der Waals surface area contributed by atoms with Crippen LogP contribution in [0.4, 0.5) is 0 Å². The van der Waals surface area contributed by atoms with Crippen LogP contribution in [0.1, 0.15) is 10.5 Å². The molecule has 0 saturated heterocycles. The van der Waals surface area contributed by atoms with E-state index < -0.39 is 22.9 Å². The van der Waals surface area contributed by atoms with E-state index >= 15 is 0 Å². The van der Waals surface area contributed by atoms with Crippen molar-refractivity contribution in [3.05, 3.63) is 26.5 Å². The second-order valence-electron chi connectivity index (χ2n) is 2.66. The van der Waals surface area contributed by atoms with Crippen LogP contribution < -0.4 is 11.2 Å². The van der Waals surface area contributed by atoms with Gasteiger partial charge in [0.2, 0.25) is 5.69 Å². The van der Waals surface area contributed by atoms with Crippen molar-refractivity contribution in [2.45, 2.75) is 6.54 Å². The van der Waals surface area contributed by atoms with Crippen molar-refractivity contribution in [2.24, 2.45) is 7.05 Å². The van der Waals surface area contributed by atoms with Crippen LogP contribution in [-0.4, -0.2) is 25.4 Å². The lowest BCUT2D eigenvalue weighted by Gasteiger charge is -2.03. The highest BCUT2D eigenvalue weighted by Gasteiger charge is 2.16. The van der Waals surface area contributed by atoms with Crippen molar-refractivity contribution in [1.82, 2.24) is 14.3 Å². The fourth-order valence-corrected chi connectivity index (χ4v) is 0.990. The lowest BCUT2D eigenvalue weighted by Crippen LogP contribution is -2.43. The van der Waals surface area contributed by atoms with Gasteiger partial charge in [-0.2, -0.15) is 5.10 Å². The van der Waals surface area contributed by atoms with E-state index in [4.69, 9.17) is 11.5 Å². The Bertz CT molecular complexity index is 561. The van der Waals surface area contributed by atoms with Gasteiger partial charge in [-0.25, -0.2) is 18.8 Å². The second-order valence-corrected chi connectivity index (χ2v) is 2.66. The third kappa shape index (κ3) is 1.78. The molecule has 0 spiro atoms. The molecule has 0 radical (unpaired) electrons. The van der Waals surface area contributed by atoms with E-state index in [1.807, 2.05) is 0 Å². The lowest BCUT2D eigenvalue weighted by molar-refractivity contribution is 0.0684. The Morgan fingerprint density at radius 2 is 2.20 bits per heavy atom. The second kappa shape index (κ2) is 3.79. The predicted molar refractivity (Wildman–Crippen MR) is 49.5 cm³/mol. The molecule has 0 aliphatic heterocycles. The van der Waals surface area contributed by atoms with Crippen molar-refractivity contribution >= 4 is 5.97 Å². The summed E-state index contributed by atoms with van der Waals surface area (Å²) in [7, 11) is 1.24. The van der Waals surface area contributed by atoms with E-state index in [1.54, 1.807) is 0 Å². The van der Waals surface area contributed by atoms with E-state index in [0.717, 1.165) is 4.68 Å². The molecule has 1 aromatic heterocycles. The molecule has 1 N–H and O–H groups in total. The number of aromatic carboxylic acids is 1. The van der Waals surface area contributed by atoms with Crippen molar-refractivity contribution in [2.75, 3.05) is 0 Å². The number of nitrogens with zero attached hydrogens (tertiary/aromatic N) is 3. The van der Waals surface area contributed by atoms with E-state index in [2.05, 4.69) is 11.0 Å². The molecular formula is C8H7N3O4. The van der Waals surface area contributed by atoms with Crippen LogP contribution in [0, 0.1) is 12.3 Å². The number of carboxylic acid groups (broad SMARTS) is 1. The summed E-state index contributed by atoms with van der Waals surface area (Å²) in [6.45, 7) is -0.283. The summed E-state index contributed by atoms with van der Waals surface area (Å²) >= 11 is 0. The number of aromatic nitrogens is 3. The molecule has 1 aromatic rings. The lowest BCUT2D eigenvalue weighted by atomic mass is 10.4. The normalized spacial score (nSPS) is 9.60. The van der Waals surface area contributed by atoms with Crippen molar-refractivity contribution < 1.29 is 9.90 Å². The largest absolute Gasteiger partial charge is 0.476 e. The summed E-state index contributed by atoms with van der Waals surface area (Å²) in [4.78, 5) is 33.3. The SMILES string of the molecule is C#CCn1c(=O)c(C(=O)O)nn(C)c1=O. The minimum absolute atomic E-state index is 0.283. The van der Waals surface area contributed by atoms with Gasteiger partial charge in [-0.1, -0.05) is 5.92 Å². The van der Waals surface area contributed by atoms with Crippen LogP contribution in [0.3, 0.4) is 0 Å². The van der Waals surface area contributed by atoms with Gasteiger partial charge in [-0.05, 0) is 0 Å². The molecule has 7 heteroatoms. The van der Waals surface area contributed by atoms with Crippen LogP contribution in [0.15, 0.2) is 9.59 Å². The quantitative estimate of drug-likeness (QED) is 0.584. The first-order valence-electron chi connectivity index (χ1n) is 3.84. The Kier molecular flexibility index (Phi) is 2.71. The van der Waals surface area contributed by atoms with Gasteiger partial charge in [-0.15, -0.1) is 6.42 Å². The molecule has 0 fully saturated rings. The Hall–Kier alpha value is -2.36. The zero-order chi connectivity index (χ0) is 11.6. The minimum Gasteiger partial charge on any atom is -0.476 e. The standard InChI is InChI=1S/C8H7N3O4/c1-3-4-11-6(12)5(7(13)14)9-10(2)8(11)15/h1H,4H2,2H3,(H,13,14). The summed E-state index contributed by atoms with van der Waals surface area (Å²) in [5, 5.41) is 11.9. The number of terminal acetylenes is 1. The van der Waals surface area contributed by atoms with Crippen molar-refractivity contribution in [3.8, 4) is 12.3 Å². The Morgan fingerprint density at radius 1 is 1.60 bits per heavy atom. The van der Waals surface area contributed by atoms with Crippen LogP contribution in [0.5, 0.6) is 0 Å². The van der Waals surface area contributed by atoms with Crippen LogP contribution in [-0.2, 0) is 13.6 Å². The van der Waals surface area contributed by atoms with E-state index in [9.17, 15) is 14.4 Å². The van der Waals surface area contributed by atoms with E-state index in [0.29, 0.717) is 4.57 Å². The van der Waals surface area contributed by atoms with Gasteiger partial charge in [0.1, 0.15) is 0 Å². The topological polar surface area (TPSA) is 94.2 Å². The molecule has 15 heavy (non-hydrogen) atoms. The molecule has 0 bridgehead atoms. The number of carboxylic acids is 1. The minimum atomic E-state index is -1.50. The number of hydrogen-bond donors (Lipinski definition) is 1. The predicted octanol–water partition coefficient (Wildman–Crippen LogP) is -1.73. The van der Waals surface area contributed by atoms with Crippen LogP contribution in [0.2, 0.25) is 0 Å². The van der Waals surface area contributed by atoms with Crippen molar-refractivity contribution in [3.63, 3.8) is 0 Å². The maximum Gasteiger partial charge on any atom is 0.362 e. The molecule has 1 heterocycles. The molecule has 0 unspecified atom stereocenters. The molecule has 1 rings (SSSR count). The smallest absolute Gasteiger partial charge is 0.362 e. The average molecular weight is 209 g/mol. The highest BCUT2D eigenvalue weighted by molar-refractivity contribution is 5.84. The monoisotopic (exact) mass is 209 g/mol. The van der Waals surface area contributed by atoms with Crippen LogP contribution in [0.25, 0.3) is 0 Å². The first-order valence-corrected chi connectivity index (χ1v) is 3.84. The summed E-state index contributed by atoms with van der Waals surface area (Å²) in [5.74, 6) is 0.589. The van der Waals surface area contributed by atoms with Gasteiger partial charge >= 0.3 is 11.7 Å². The van der Waals surface area contributed by atoms with Crippen molar-refractivity contribution in [1.29, 1.82) is 0 Å². The molecule has 0 amide bonds. The van der Waals surface area contributed by atoms with Gasteiger partial charge in [0.25, 0.3) is 5.56 Å². The fraction of sp³-hybridized carbons (Fsp3) is 0.250. The number of carbonyl (C=O) groups is 1. The van der Waals surface area contributed by atoms with Gasteiger partial charge in [0.15, 0.2) is 0 Å². The van der Waals surface area contributed by atoms with Gasteiger partial charge in [0, 0.05) is 7.05 Å². The van der Waals surface area contributed by atoms with Gasteiger partial charge in [0.05, 0.1) is 6.54 Å². The number of rotatable bonds is 2. The molecule has 7 nitrogen and oxygen atoms in total. The maximum absolute atomic E-state index is 11.4. The molecule has 0 saturated carbocycles. The van der Waals surface area contributed by atoms with Gasteiger partial charge in [-0.3, -0.25) is 4.79 Å². The highest BCUT2D eigenvalue weighted by atomic mass is 16.4. The summed E-state index contributed by atoms with van der Waals surface area (Å²) in [6, 6.07) is 0. The zero-order valence-electron chi connectivity index (χ0n) is 7.80. The van der Waals surface area contributed by atoms with E-state index in [1.165, 1.54) is 7.05 Å². The van der Waals surface area contributed by atoms with Crippen LogP contribution >= 0.6 is 0 Å². The zero-order valence-corrected chi connectivity index (χ0v) is 7.80. The third-order valence-corrected chi connectivity index (χ3v) is 1.66. The Labute approximate surface area is 83.6 Å². The summed E-state index contributed by atoms with van der Waals surface area (Å²) < 4.78 is 1.39. The van der Waals surface area contributed by atoms with E-state index in [-0.39, 0.29) is 6.54 Å². The molecule has 0 aliphatic carbocycles. The summed E-state index contributed by atoms with van der Waals surface area (Å²) in [5.41, 5.74) is -2.47. The maximum atomic E-state index is 11.4. The highest BCUT2D eigenvalue weighted by Crippen LogP contribution is 1.81. The summed E-state index contributed by atoms with van der Waals surface area (Å²) in [6.07, 6.45) is 4.95. The molecule has 0 aliphatic rings. The molecule has 0 aromatic carbocycles. The Morgan fingerprint density at radius 3 is 2.67 bits per heavy atom. The van der Waals surface area contributed by atoms with Gasteiger partial charge < -0.3 is 5.11 Å². The number of hydrogen-bond acceptors (Lipinski definition) is 4. The molecular weight excluding hydrogens is 202 g/mol. The molecule has 0 atom stereocenters. The third-order valence-electron chi connectivity index (χ3n) is 1.66. The number of aryl methyl sites for hydroxylation is 1. The molecule has 78 valence electrons. The fourth-order valence-electron chi connectivity index (χ4n) is 0.990.